The van der Waals surface area contributed by atoms with Crippen molar-refractivity contribution in [2.45, 2.75) is 47.5 Å². The maximum Gasteiger partial charge on any atom is -0.00156 e. The van der Waals surface area contributed by atoms with Gasteiger partial charge >= 0.3 is 0 Å². The highest BCUT2D eigenvalue weighted by atomic mass is 14.9. The van der Waals surface area contributed by atoms with Crippen LogP contribution in [0.3, 0.4) is 0 Å². The summed E-state index contributed by atoms with van der Waals surface area (Å²) < 4.78 is 0. The molecule has 0 heterocycles. The molecule has 1 unspecified atom stereocenters. The molecule has 1 heteroatoms. The molecule has 1 N–H and O–H groups in total. The van der Waals surface area contributed by atoms with Crippen LogP contribution in [0.25, 0.3) is 0 Å². The predicted octanol–water partition coefficient (Wildman–Crippen LogP) is 3.06. The van der Waals surface area contributed by atoms with Gasteiger partial charge in [0.15, 0.2) is 0 Å². The largest absolute Gasteiger partial charge is 0.316 e. The third-order valence-corrected chi connectivity index (χ3v) is 2.54. The molecule has 0 bridgehead atoms. The van der Waals surface area contributed by atoms with Crippen molar-refractivity contribution in [2.75, 3.05) is 13.1 Å². The van der Waals surface area contributed by atoms with Crippen LogP contribution >= 0.6 is 0 Å². The van der Waals surface area contributed by atoms with E-state index in [9.17, 15) is 0 Å². The van der Waals surface area contributed by atoms with Gasteiger partial charge in [0.05, 0.1) is 0 Å². The van der Waals surface area contributed by atoms with E-state index in [0.29, 0.717) is 5.41 Å². The first-order chi connectivity index (χ1) is 5.52. The summed E-state index contributed by atoms with van der Waals surface area (Å²) in [5.41, 5.74) is 0.454. The lowest BCUT2D eigenvalue weighted by Crippen LogP contribution is -2.31. The number of hydrogen-bond acceptors (Lipinski definition) is 1. The van der Waals surface area contributed by atoms with E-state index in [0.717, 1.165) is 12.5 Å². The van der Waals surface area contributed by atoms with Crippen molar-refractivity contribution >= 4 is 0 Å². The average Bonchev–Trinajstić information content (AvgIpc) is 1.95. The van der Waals surface area contributed by atoms with E-state index < -0.39 is 0 Å². The summed E-state index contributed by atoms with van der Waals surface area (Å²) in [6.07, 6.45) is 2.51. The zero-order valence-electron chi connectivity index (χ0n) is 9.41. The second kappa shape index (κ2) is 5.58. The summed E-state index contributed by atoms with van der Waals surface area (Å²) in [5.74, 6) is 0.809. The minimum atomic E-state index is 0.454. The quantitative estimate of drug-likeness (QED) is 0.627. The summed E-state index contributed by atoms with van der Waals surface area (Å²) in [4.78, 5) is 0. The number of hydrogen-bond donors (Lipinski definition) is 1. The predicted molar refractivity (Wildman–Crippen MR) is 56.4 cm³/mol. The maximum atomic E-state index is 3.49. The van der Waals surface area contributed by atoms with Crippen LogP contribution in [0.15, 0.2) is 0 Å². The second-order valence-corrected chi connectivity index (χ2v) is 4.68. The second-order valence-electron chi connectivity index (χ2n) is 4.68. The monoisotopic (exact) mass is 171 g/mol. The smallest absolute Gasteiger partial charge is 0.00156 e. The zero-order valence-corrected chi connectivity index (χ0v) is 9.41. The molecule has 74 valence electrons. The lowest BCUT2D eigenvalue weighted by atomic mass is 9.79. The van der Waals surface area contributed by atoms with Gasteiger partial charge in [0.25, 0.3) is 0 Å². The minimum absolute atomic E-state index is 0.454. The van der Waals surface area contributed by atoms with Gasteiger partial charge < -0.3 is 5.32 Å². The van der Waals surface area contributed by atoms with E-state index in [4.69, 9.17) is 0 Å². The molecule has 0 spiro atoms. The molecular weight excluding hydrogens is 146 g/mol. The third kappa shape index (κ3) is 4.76. The van der Waals surface area contributed by atoms with E-state index in [-0.39, 0.29) is 0 Å². The van der Waals surface area contributed by atoms with Gasteiger partial charge in [-0.3, -0.25) is 0 Å². The van der Waals surface area contributed by atoms with Crippen molar-refractivity contribution in [3.8, 4) is 0 Å². The Morgan fingerprint density at radius 3 is 2.08 bits per heavy atom. The van der Waals surface area contributed by atoms with Gasteiger partial charge in [-0.25, -0.2) is 0 Å². The SMILES string of the molecule is CCCNCC(CC)C(C)(C)C. The average molecular weight is 171 g/mol. The van der Waals surface area contributed by atoms with Crippen LogP contribution < -0.4 is 5.32 Å². The molecule has 0 radical (unpaired) electrons. The Hall–Kier alpha value is -0.0400. The standard InChI is InChI=1S/C11H25N/c1-6-8-12-9-10(7-2)11(3,4)5/h10,12H,6-9H2,1-5H3. The third-order valence-electron chi connectivity index (χ3n) is 2.54. The Morgan fingerprint density at radius 2 is 1.75 bits per heavy atom. The molecule has 0 amide bonds. The Kier molecular flexibility index (Phi) is 5.56. The van der Waals surface area contributed by atoms with E-state index >= 15 is 0 Å². The van der Waals surface area contributed by atoms with Crippen LogP contribution in [-0.2, 0) is 0 Å². The Labute approximate surface area is 77.9 Å². The fraction of sp³-hybridized carbons (Fsp3) is 1.00. The van der Waals surface area contributed by atoms with Crippen LogP contribution in [0.2, 0.25) is 0 Å². The van der Waals surface area contributed by atoms with E-state index in [1.54, 1.807) is 0 Å². The van der Waals surface area contributed by atoms with Gasteiger partial charge in [-0.2, -0.15) is 0 Å². The maximum absolute atomic E-state index is 3.49. The topological polar surface area (TPSA) is 12.0 Å². The summed E-state index contributed by atoms with van der Waals surface area (Å²) in [6.45, 7) is 13.8. The fourth-order valence-electron chi connectivity index (χ4n) is 1.52. The Balaban J connectivity index is 3.68. The van der Waals surface area contributed by atoms with Gasteiger partial charge in [0.2, 0.25) is 0 Å². The van der Waals surface area contributed by atoms with Gasteiger partial charge in [0.1, 0.15) is 0 Å². The first-order valence-corrected chi connectivity index (χ1v) is 5.23. The van der Waals surface area contributed by atoms with Crippen molar-refractivity contribution < 1.29 is 0 Å². The lowest BCUT2D eigenvalue weighted by Gasteiger charge is -2.30. The molecule has 0 fully saturated rings. The molecule has 0 saturated carbocycles. The van der Waals surface area contributed by atoms with Crippen LogP contribution in [-0.4, -0.2) is 13.1 Å². The summed E-state index contributed by atoms with van der Waals surface area (Å²) in [7, 11) is 0. The lowest BCUT2D eigenvalue weighted by molar-refractivity contribution is 0.226. The highest BCUT2D eigenvalue weighted by molar-refractivity contribution is 4.74. The highest BCUT2D eigenvalue weighted by Crippen LogP contribution is 2.27. The number of nitrogens with one attached hydrogen (secondary N) is 1. The van der Waals surface area contributed by atoms with Gasteiger partial charge in [-0.15, -0.1) is 0 Å². The van der Waals surface area contributed by atoms with Crippen molar-refractivity contribution in [2.24, 2.45) is 11.3 Å². The van der Waals surface area contributed by atoms with Gasteiger partial charge in [0, 0.05) is 0 Å². The Morgan fingerprint density at radius 1 is 1.17 bits per heavy atom. The normalized spacial score (nSPS) is 14.8. The molecule has 0 aliphatic heterocycles. The molecule has 0 aromatic heterocycles. The summed E-state index contributed by atoms with van der Waals surface area (Å²) in [5, 5.41) is 3.49. The van der Waals surface area contributed by atoms with Crippen LogP contribution in [0.1, 0.15) is 47.5 Å². The van der Waals surface area contributed by atoms with E-state index in [2.05, 4.69) is 39.9 Å². The highest BCUT2D eigenvalue weighted by Gasteiger charge is 2.21. The molecule has 0 aliphatic rings. The first kappa shape index (κ1) is 12.0. The van der Waals surface area contributed by atoms with Crippen molar-refractivity contribution in [1.29, 1.82) is 0 Å². The zero-order chi connectivity index (χ0) is 9.61. The molecular formula is C11H25N. The first-order valence-electron chi connectivity index (χ1n) is 5.23. The number of rotatable bonds is 5. The molecule has 0 aliphatic carbocycles. The Bertz CT molecular complexity index is 102. The molecule has 0 aromatic carbocycles. The van der Waals surface area contributed by atoms with E-state index in [1.807, 2.05) is 0 Å². The summed E-state index contributed by atoms with van der Waals surface area (Å²) >= 11 is 0. The van der Waals surface area contributed by atoms with Crippen molar-refractivity contribution in [3.05, 3.63) is 0 Å². The summed E-state index contributed by atoms with van der Waals surface area (Å²) in [6, 6.07) is 0. The van der Waals surface area contributed by atoms with Crippen molar-refractivity contribution in [1.82, 2.24) is 5.32 Å². The fourth-order valence-corrected chi connectivity index (χ4v) is 1.52. The van der Waals surface area contributed by atoms with Crippen LogP contribution in [0.4, 0.5) is 0 Å². The van der Waals surface area contributed by atoms with Gasteiger partial charge in [-0.05, 0) is 30.8 Å². The van der Waals surface area contributed by atoms with E-state index in [1.165, 1.54) is 19.4 Å². The molecule has 1 atom stereocenters. The van der Waals surface area contributed by atoms with Crippen LogP contribution in [0, 0.1) is 11.3 Å². The molecule has 1 nitrogen and oxygen atoms in total. The molecule has 12 heavy (non-hydrogen) atoms. The molecule has 0 rings (SSSR count). The molecule has 0 aromatic rings. The van der Waals surface area contributed by atoms with Crippen molar-refractivity contribution in [3.63, 3.8) is 0 Å². The van der Waals surface area contributed by atoms with Crippen LogP contribution in [0.5, 0.6) is 0 Å². The minimum Gasteiger partial charge on any atom is -0.316 e. The van der Waals surface area contributed by atoms with Gasteiger partial charge in [-0.1, -0.05) is 41.0 Å². The molecule has 0 saturated heterocycles.